The maximum atomic E-state index is 14.1. The van der Waals surface area contributed by atoms with Crippen molar-refractivity contribution in [3.63, 3.8) is 0 Å². The smallest absolute Gasteiger partial charge is 0.309 e. The van der Waals surface area contributed by atoms with Crippen LogP contribution in [0.2, 0.25) is 0 Å². The Balaban J connectivity index is 1.76. The lowest BCUT2D eigenvalue weighted by Gasteiger charge is -2.25. The van der Waals surface area contributed by atoms with Gasteiger partial charge in [0.15, 0.2) is 0 Å². The summed E-state index contributed by atoms with van der Waals surface area (Å²) < 4.78 is 10.6. The van der Waals surface area contributed by atoms with Crippen LogP contribution in [0, 0.1) is 18.8 Å². The van der Waals surface area contributed by atoms with E-state index >= 15 is 0 Å². The number of hydrogen-bond donors (Lipinski definition) is 7. The van der Waals surface area contributed by atoms with E-state index in [0.717, 1.165) is 63.7 Å². The third-order valence-corrected chi connectivity index (χ3v) is 10.7. The van der Waals surface area contributed by atoms with Gasteiger partial charge in [-0.05, 0) is 91.7 Å². The lowest BCUT2D eigenvalue weighted by atomic mass is 9.83. The summed E-state index contributed by atoms with van der Waals surface area (Å²) in [4.78, 5) is 42.8. The number of ether oxygens (including phenoxy) is 2. The largest absolute Gasteiger partial charge is 0.481 e. The molecule has 5 rings (SSSR count). The predicted octanol–water partition coefficient (Wildman–Crippen LogP) is 4.11. The van der Waals surface area contributed by atoms with Crippen LogP contribution in [0.5, 0.6) is 0 Å². The molecule has 1 aromatic rings. The van der Waals surface area contributed by atoms with Crippen LogP contribution in [-0.4, -0.2) is 78.6 Å². The van der Waals surface area contributed by atoms with Crippen molar-refractivity contribution in [2.75, 3.05) is 33.5 Å². The van der Waals surface area contributed by atoms with Gasteiger partial charge in [-0.15, -0.1) is 0 Å². The molecule has 0 saturated carbocycles. The van der Waals surface area contributed by atoms with Crippen LogP contribution in [0.4, 0.5) is 0 Å². The van der Waals surface area contributed by atoms with Crippen LogP contribution in [0.1, 0.15) is 82.8 Å². The van der Waals surface area contributed by atoms with Crippen LogP contribution >= 0.6 is 0 Å². The van der Waals surface area contributed by atoms with E-state index in [4.69, 9.17) is 14.6 Å². The van der Waals surface area contributed by atoms with Crippen molar-refractivity contribution < 1.29 is 34.1 Å². The molecule has 4 aliphatic heterocycles. The van der Waals surface area contributed by atoms with Crippen molar-refractivity contribution in [1.82, 2.24) is 26.3 Å². The Labute approximate surface area is 300 Å². The molecule has 0 aliphatic carbocycles. The first kappa shape index (κ1) is 37.7. The number of fused-ring (bicyclic) bond motifs is 8. The minimum absolute atomic E-state index is 0.0557. The molecule has 51 heavy (non-hydrogen) atoms. The number of aliphatic hydroxyl groups excluding tert-OH is 1. The number of carbonyl (C=O) groups is 3. The fraction of sp³-hybridized carbons (Fsp3) is 0.513. The molecule has 1 saturated heterocycles. The van der Waals surface area contributed by atoms with Crippen molar-refractivity contribution >= 4 is 30.0 Å². The summed E-state index contributed by atoms with van der Waals surface area (Å²) in [5.74, 6) is -2.05. The first-order valence-corrected chi connectivity index (χ1v) is 18.0. The number of carbonyl (C=O) groups excluding carboxylic acids is 2. The summed E-state index contributed by atoms with van der Waals surface area (Å²) in [7, 11) is 1.34. The van der Waals surface area contributed by atoms with E-state index in [2.05, 4.69) is 73.0 Å². The number of aliphatic carboxylic acids is 1. The molecular weight excluding hydrogens is 650 g/mol. The Morgan fingerprint density at radius 1 is 1.00 bits per heavy atom. The highest BCUT2D eigenvalue weighted by Crippen LogP contribution is 2.43. The first-order valence-electron chi connectivity index (χ1n) is 18.0. The number of aromatic amines is 1. The second-order valence-corrected chi connectivity index (χ2v) is 13.6. The topological polar surface area (TPSA) is 174 Å². The quantitative estimate of drug-likeness (QED) is 0.117. The Morgan fingerprint density at radius 2 is 1.75 bits per heavy atom. The second-order valence-electron chi connectivity index (χ2n) is 13.6. The monoisotopic (exact) mass is 703 g/mol. The van der Waals surface area contributed by atoms with E-state index in [-0.39, 0.29) is 63.0 Å². The normalized spacial score (nSPS) is 27.1. The highest BCUT2D eigenvalue weighted by atomic mass is 16.5. The number of aromatic nitrogens is 1. The third kappa shape index (κ3) is 7.72. The highest BCUT2D eigenvalue weighted by Gasteiger charge is 2.42. The first-order chi connectivity index (χ1) is 24.4. The van der Waals surface area contributed by atoms with Gasteiger partial charge in [0.05, 0.1) is 45.4 Å². The summed E-state index contributed by atoms with van der Waals surface area (Å²) in [6.07, 6.45) is 8.22. The fourth-order valence-corrected chi connectivity index (χ4v) is 7.90. The van der Waals surface area contributed by atoms with E-state index < -0.39 is 18.0 Å². The van der Waals surface area contributed by atoms with Gasteiger partial charge in [0, 0.05) is 64.6 Å². The van der Waals surface area contributed by atoms with E-state index in [0.29, 0.717) is 17.6 Å². The number of methoxy groups -OCH3 is 1. The minimum Gasteiger partial charge on any atom is -0.481 e. The predicted molar refractivity (Wildman–Crippen MR) is 196 cm³/mol. The molecule has 0 spiro atoms. The summed E-state index contributed by atoms with van der Waals surface area (Å²) >= 11 is 0. The summed E-state index contributed by atoms with van der Waals surface area (Å²) in [6, 6.07) is -0.811. The Morgan fingerprint density at radius 3 is 2.41 bits per heavy atom. The molecule has 4 atom stereocenters. The molecule has 276 valence electrons. The van der Waals surface area contributed by atoms with Gasteiger partial charge in [-0.1, -0.05) is 20.8 Å². The van der Waals surface area contributed by atoms with Crippen molar-refractivity contribution in [3.05, 3.63) is 79.2 Å². The molecule has 8 bridgehead atoms. The molecule has 1 amide bonds. The third-order valence-electron chi connectivity index (χ3n) is 10.7. The number of nitrogens with one attached hydrogen (secondary N) is 5. The molecular formula is C39H53N5O7. The van der Waals surface area contributed by atoms with E-state index in [9.17, 15) is 19.5 Å². The molecule has 12 heteroatoms. The van der Waals surface area contributed by atoms with Gasteiger partial charge in [0.2, 0.25) is 5.91 Å². The number of hydrogen-bond acceptors (Lipinski definition) is 9. The molecule has 4 unspecified atom stereocenters. The number of H-pyrrole nitrogens is 1. The van der Waals surface area contributed by atoms with Gasteiger partial charge in [0.25, 0.3) is 0 Å². The number of carboxylic acid groups (broad SMARTS) is 1. The minimum atomic E-state index is -0.902. The Bertz CT molecular complexity index is 1760. The van der Waals surface area contributed by atoms with Crippen molar-refractivity contribution in [1.29, 1.82) is 0 Å². The van der Waals surface area contributed by atoms with E-state index in [1.165, 1.54) is 18.3 Å². The number of esters is 1. The van der Waals surface area contributed by atoms with Crippen molar-refractivity contribution in [2.24, 2.45) is 11.8 Å². The van der Waals surface area contributed by atoms with Crippen LogP contribution in [0.15, 0.2) is 56.7 Å². The maximum Gasteiger partial charge on any atom is 0.309 e. The number of carboxylic acids is 1. The average molecular weight is 704 g/mol. The second kappa shape index (κ2) is 16.2. The van der Waals surface area contributed by atoms with Gasteiger partial charge in [-0.25, -0.2) is 0 Å². The number of rotatable bonds is 13. The maximum absolute atomic E-state index is 14.1. The van der Waals surface area contributed by atoms with Gasteiger partial charge in [-0.2, -0.15) is 0 Å². The van der Waals surface area contributed by atoms with Crippen LogP contribution < -0.4 is 21.3 Å². The standard InChI is InChI=1S/C39H53N5O7/c1-8-24-20(3)28-17-30-22(5)26(10-11-34(46)47)37(43-30)27(16-35(48)50-7)38-36(39(49)40-12-14-51-15-13-45)23(6)31(44-38)19-33-25(9-2)21(4)29(42-33)18-32(24)41-28/h17-19,22,26,28,38,41-45H,8-16H2,1-7H3,(H,40,49)(H,46,47)/b30-17-,31-19-,32-18-,37-27-. The SMILES string of the molecule is CCC1=C(C)C2/C=C3\N/C(=C(/CC(=O)OC)C4N/C(=C\c5[nH]c(c(C)c5CC)/C=C/1N2)C(C)=C4C(=O)NCCOCCO)C(CCC(=O)O)C3C. The Hall–Kier alpha value is -4.55. The summed E-state index contributed by atoms with van der Waals surface area (Å²) in [5.41, 5.74) is 12.0. The van der Waals surface area contributed by atoms with Gasteiger partial charge < -0.3 is 45.9 Å². The van der Waals surface area contributed by atoms with Crippen LogP contribution in [-0.2, 0) is 30.3 Å². The number of aliphatic hydroxyl groups is 1. The highest BCUT2D eigenvalue weighted by molar-refractivity contribution is 5.99. The van der Waals surface area contributed by atoms with Crippen molar-refractivity contribution in [2.45, 2.75) is 85.7 Å². The van der Waals surface area contributed by atoms with Gasteiger partial charge >= 0.3 is 11.9 Å². The zero-order chi connectivity index (χ0) is 37.0. The Kier molecular flexibility index (Phi) is 12.0. The molecule has 1 fully saturated rings. The number of amides is 1. The molecule has 0 aromatic carbocycles. The molecule has 4 aliphatic rings. The molecule has 12 nitrogen and oxygen atoms in total. The average Bonchev–Trinajstić information content (AvgIpc) is 3.78. The van der Waals surface area contributed by atoms with Gasteiger partial charge in [-0.3, -0.25) is 14.4 Å². The summed E-state index contributed by atoms with van der Waals surface area (Å²) in [6.45, 7) is 13.0. The van der Waals surface area contributed by atoms with E-state index in [1.807, 2.05) is 13.0 Å². The van der Waals surface area contributed by atoms with Crippen LogP contribution in [0.25, 0.3) is 12.2 Å². The molecule has 1 aromatic heterocycles. The summed E-state index contributed by atoms with van der Waals surface area (Å²) in [5, 5.41) is 32.8. The zero-order valence-electron chi connectivity index (χ0n) is 30.8. The van der Waals surface area contributed by atoms with Crippen LogP contribution in [0.3, 0.4) is 0 Å². The molecule has 5 heterocycles. The zero-order valence-corrected chi connectivity index (χ0v) is 30.8. The molecule has 7 N–H and O–H groups in total. The lowest BCUT2D eigenvalue weighted by molar-refractivity contribution is -0.140. The number of allylic oxidation sites excluding steroid dienone is 4. The van der Waals surface area contributed by atoms with E-state index in [1.54, 1.807) is 0 Å². The fourth-order valence-electron chi connectivity index (χ4n) is 7.90. The van der Waals surface area contributed by atoms with Gasteiger partial charge in [0.1, 0.15) is 0 Å². The lowest BCUT2D eigenvalue weighted by Crippen LogP contribution is -2.38. The molecule has 0 radical (unpaired) electrons. The van der Waals surface area contributed by atoms with Crippen molar-refractivity contribution in [3.8, 4) is 0 Å².